The first-order chi connectivity index (χ1) is 18.9. The molecule has 14 N–H and O–H groups in total. The van der Waals surface area contributed by atoms with Gasteiger partial charge in [0.2, 0.25) is 5.91 Å². The predicted molar refractivity (Wildman–Crippen MR) is 134 cm³/mol. The molecule has 9 unspecified atom stereocenters. The molecular formula is C24H42N4O12. The van der Waals surface area contributed by atoms with Gasteiger partial charge in [-0.1, -0.05) is 0 Å². The van der Waals surface area contributed by atoms with E-state index in [1.807, 2.05) is 0 Å². The Morgan fingerprint density at radius 1 is 0.850 bits per heavy atom. The van der Waals surface area contributed by atoms with Crippen molar-refractivity contribution in [1.82, 2.24) is 5.32 Å². The van der Waals surface area contributed by atoms with Crippen molar-refractivity contribution in [2.24, 2.45) is 17.2 Å². The summed E-state index contributed by atoms with van der Waals surface area (Å²) < 4.78 is 22.6. The molecule has 1 aliphatic carbocycles. The summed E-state index contributed by atoms with van der Waals surface area (Å²) in [7, 11) is 0. The monoisotopic (exact) mass is 578 g/mol. The highest BCUT2D eigenvalue weighted by molar-refractivity contribution is 5.75. The van der Waals surface area contributed by atoms with Crippen LogP contribution in [0.2, 0.25) is 0 Å². The summed E-state index contributed by atoms with van der Waals surface area (Å²) in [6, 6.07) is -3.00. The zero-order valence-corrected chi connectivity index (χ0v) is 21.9. The molecule has 2 saturated heterocycles. The molecule has 0 aromatic heterocycles. The minimum atomic E-state index is -1.75. The Balaban J connectivity index is 1.67. The van der Waals surface area contributed by atoms with E-state index in [0.717, 1.165) is 0 Å². The molecule has 1 saturated carbocycles. The topological polar surface area (TPSA) is 286 Å². The lowest BCUT2D eigenvalue weighted by Gasteiger charge is -2.48. The van der Waals surface area contributed by atoms with Crippen molar-refractivity contribution in [3.63, 3.8) is 0 Å². The Kier molecular flexibility index (Phi) is 12.0. The van der Waals surface area contributed by atoms with E-state index in [4.69, 9.17) is 42.6 Å². The third-order valence-electron chi connectivity index (χ3n) is 7.48. The molecule has 40 heavy (non-hydrogen) atoms. The Bertz CT molecular complexity index is 864. The lowest BCUT2D eigenvalue weighted by molar-refractivity contribution is -0.332. The van der Waals surface area contributed by atoms with Crippen molar-refractivity contribution in [3.8, 4) is 12.3 Å². The fourth-order valence-corrected chi connectivity index (χ4v) is 5.03. The molecule has 3 aliphatic rings. The molecule has 0 aromatic rings. The zero-order chi connectivity index (χ0) is 29.7. The van der Waals surface area contributed by atoms with Crippen LogP contribution in [0.25, 0.3) is 0 Å². The number of carbonyl (C=O) groups excluding carboxylic acids is 1. The number of hydrogen-bond acceptors (Lipinski definition) is 15. The Hall–Kier alpha value is -1.53. The molecule has 0 radical (unpaired) electrons. The molecule has 16 heteroatoms. The molecule has 2 heterocycles. The number of terminal acetylenes is 1. The second kappa shape index (κ2) is 14.6. The van der Waals surface area contributed by atoms with Gasteiger partial charge >= 0.3 is 0 Å². The average molecular weight is 579 g/mol. The number of aliphatic hydroxyl groups excluding tert-OH is 7. The van der Waals surface area contributed by atoms with Crippen LogP contribution in [0.3, 0.4) is 0 Å². The summed E-state index contributed by atoms with van der Waals surface area (Å²) in [5.74, 6) is 2.07. The van der Waals surface area contributed by atoms with Gasteiger partial charge in [-0.3, -0.25) is 4.79 Å². The minimum absolute atomic E-state index is 0.0401. The summed E-state index contributed by atoms with van der Waals surface area (Å²) >= 11 is 0. The fourth-order valence-electron chi connectivity index (χ4n) is 5.03. The SMILES string of the molecule is C#CCCCC(=O)NCC1O[C@H](O[C@@H]2C(N)C[C@@H](N)C(O[C@@H]3OC(CO)[C@H](O)C(N)C3O)C2O)C(O)C(O)[C@@H]1O. The maximum Gasteiger partial charge on any atom is 0.220 e. The van der Waals surface area contributed by atoms with E-state index in [9.17, 15) is 40.5 Å². The average Bonchev–Trinajstić information content (AvgIpc) is 2.92. The van der Waals surface area contributed by atoms with E-state index in [0.29, 0.717) is 12.8 Å². The van der Waals surface area contributed by atoms with Crippen LogP contribution in [-0.4, -0.2) is 147 Å². The normalized spacial score (nSPS) is 46.0. The summed E-state index contributed by atoms with van der Waals surface area (Å²) in [4.78, 5) is 12.0. The minimum Gasteiger partial charge on any atom is -0.394 e. The molecule has 0 aromatic carbocycles. The van der Waals surface area contributed by atoms with Gasteiger partial charge in [0, 0.05) is 31.5 Å². The number of amides is 1. The van der Waals surface area contributed by atoms with Crippen LogP contribution in [0.4, 0.5) is 0 Å². The quantitative estimate of drug-likeness (QED) is 0.0849. The van der Waals surface area contributed by atoms with Gasteiger partial charge in [0.15, 0.2) is 12.6 Å². The number of aliphatic hydroxyl groups is 7. The van der Waals surface area contributed by atoms with Gasteiger partial charge in [0.25, 0.3) is 0 Å². The van der Waals surface area contributed by atoms with Crippen molar-refractivity contribution in [2.75, 3.05) is 13.2 Å². The molecule has 0 bridgehead atoms. The molecule has 16 nitrogen and oxygen atoms in total. The highest BCUT2D eigenvalue weighted by atomic mass is 16.7. The highest BCUT2D eigenvalue weighted by Gasteiger charge is 2.51. The Morgan fingerprint density at radius 3 is 2.00 bits per heavy atom. The van der Waals surface area contributed by atoms with Gasteiger partial charge in [-0.15, -0.1) is 12.3 Å². The number of unbranched alkanes of at least 4 members (excludes halogenated alkanes) is 1. The van der Waals surface area contributed by atoms with Crippen molar-refractivity contribution < 1.29 is 59.5 Å². The first kappa shape index (κ1) is 33.0. The third kappa shape index (κ3) is 7.45. The maximum atomic E-state index is 12.0. The van der Waals surface area contributed by atoms with E-state index < -0.39 is 98.4 Å². The molecule has 230 valence electrons. The summed E-state index contributed by atoms with van der Waals surface area (Å²) in [6.07, 6.45) is -11.2. The molecule has 0 spiro atoms. The van der Waals surface area contributed by atoms with Crippen LogP contribution in [0, 0.1) is 12.3 Å². The molecule has 15 atom stereocenters. The van der Waals surface area contributed by atoms with Crippen LogP contribution in [0.1, 0.15) is 25.7 Å². The van der Waals surface area contributed by atoms with Crippen molar-refractivity contribution in [2.45, 2.75) is 117 Å². The second-order valence-corrected chi connectivity index (χ2v) is 10.4. The van der Waals surface area contributed by atoms with Crippen LogP contribution in [0.5, 0.6) is 0 Å². The molecule has 2 aliphatic heterocycles. The van der Waals surface area contributed by atoms with Gasteiger partial charge < -0.3 is 77.2 Å². The van der Waals surface area contributed by atoms with Crippen molar-refractivity contribution >= 4 is 5.91 Å². The highest BCUT2D eigenvalue weighted by Crippen LogP contribution is 2.31. The van der Waals surface area contributed by atoms with Crippen LogP contribution in [-0.2, 0) is 23.7 Å². The lowest BCUT2D eigenvalue weighted by Crippen LogP contribution is -2.68. The van der Waals surface area contributed by atoms with Crippen LogP contribution >= 0.6 is 0 Å². The molecule has 3 rings (SSSR count). The van der Waals surface area contributed by atoms with E-state index in [2.05, 4.69) is 11.2 Å². The smallest absolute Gasteiger partial charge is 0.220 e. The summed E-state index contributed by atoms with van der Waals surface area (Å²) in [5, 5.41) is 74.9. The van der Waals surface area contributed by atoms with E-state index in [1.165, 1.54) is 0 Å². The Labute approximate surface area is 231 Å². The largest absolute Gasteiger partial charge is 0.394 e. The number of ether oxygens (including phenoxy) is 4. The second-order valence-electron chi connectivity index (χ2n) is 10.4. The molecule has 1 amide bonds. The predicted octanol–water partition coefficient (Wildman–Crippen LogP) is -6.33. The van der Waals surface area contributed by atoms with Gasteiger partial charge in [0.1, 0.15) is 61.0 Å². The van der Waals surface area contributed by atoms with Crippen LogP contribution in [0.15, 0.2) is 0 Å². The van der Waals surface area contributed by atoms with Crippen molar-refractivity contribution in [1.29, 1.82) is 0 Å². The molecule has 3 fully saturated rings. The number of carbonyl (C=O) groups is 1. The van der Waals surface area contributed by atoms with Gasteiger partial charge in [-0.2, -0.15) is 0 Å². The number of nitrogens with one attached hydrogen (secondary N) is 1. The fraction of sp³-hybridized carbons (Fsp3) is 0.875. The van der Waals surface area contributed by atoms with Gasteiger partial charge in [-0.25, -0.2) is 0 Å². The maximum absolute atomic E-state index is 12.0. The van der Waals surface area contributed by atoms with Gasteiger partial charge in [0.05, 0.1) is 12.6 Å². The van der Waals surface area contributed by atoms with Gasteiger partial charge in [-0.05, 0) is 12.8 Å². The van der Waals surface area contributed by atoms with Crippen molar-refractivity contribution in [3.05, 3.63) is 0 Å². The van der Waals surface area contributed by atoms with Crippen LogP contribution < -0.4 is 22.5 Å². The standard InChI is InChI=1S/C24H42N4O12/c1-2-3-4-5-13(30)28-7-11-16(32)18(34)19(35)24(37-11)40-22-10(26)6-9(25)21(20(22)36)39-23-17(33)14(27)15(31)12(8-29)38-23/h1,9-12,14-24,29,31-36H,3-8,25-27H2,(H,28,30)/t9-,10?,11?,12?,14?,15+,16-,17?,18?,19?,20?,21?,22-,23+,24-/m1/s1. The first-order valence-corrected chi connectivity index (χ1v) is 13.2. The number of hydrogen-bond donors (Lipinski definition) is 11. The van der Waals surface area contributed by atoms with E-state index in [1.54, 1.807) is 0 Å². The zero-order valence-electron chi connectivity index (χ0n) is 21.9. The number of rotatable bonds is 10. The Morgan fingerprint density at radius 2 is 1.43 bits per heavy atom. The third-order valence-corrected chi connectivity index (χ3v) is 7.48. The summed E-state index contributed by atoms with van der Waals surface area (Å²) in [5.41, 5.74) is 18.1. The summed E-state index contributed by atoms with van der Waals surface area (Å²) in [6.45, 7) is -0.834. The number of nitrogens with two attached hydrogens (primary N) is 3. The first-order valence-electron chi connectivity index (χ1n) is 13.2. The van der Waals surface area contributed by atoms with E-state index >= 15 is 0 Å². The lowest BCUT2D eigenvalue weighted by atomic mass is 9.84. The molecular weight excluding hydrogens is 536 g/mol. The van der Waals surface area contributed by atoms with E-state index in [-0.39, 0.29) is 25.3 Å².